The molecule has 0 bridgehead atoms. The van der Waals surface area contributed by atoms with Crippen molar-refractivity contribution in [2.24, 2.45) is 0 Å². The number of likely N-dealkylation sites (tertiary alicyclic amines) is 1. The second kappa shape index (κ2) is 6.30. The first-order chi connectivity index (χ1) is 9.95. The Morgan fingerprint density at radius 1 is 1.38 bits per heavy atom. The highest BCUT2D eigenvalue weighted by molar-refractivity contribution is 5.72. The average Bonchev–Trinajstić information content (AvgIpc) is 2.92. The number of pyridine rings is 1. The number of aromatic nitrogens is 1. The Balaban J connectivity index is 2.52. The molecule has 0 radical (unpaired) electrons. The summed E-state index contributed by atoms with van der Waals surface area (Å²) in [7, 11) is 0. The van der Waals surface area contributed by atoms with Gasteiger partial charge >= 0.3 is 5.97 Å². The maximum absolute atomic E-state index is 11.8. The molecule has 1 unspecified atom stereocenters. The molecule has 1 aliphatic heterocycles. The summed E-state index contributed by atoms with van der Waals surface area (Å²) in [5.74, 6) is -1.28. The fraction of sp³-hybridized carbons (Fsp3) is 0.600. The van der Waals surface area contributed by atoms with Crippen LogP contribution in [-0.2, 0) is 11.3 Å². The second-order valence-electron chi connectivity index (χ2n) is 5.56. The Morgan fingerprint density at radius 2 is 2.00 bits per heavy atom. The minimum atomic E-state index is -0.952. The third kappa shape index (κ3) is 3.10. The first-order valence-corrected chi connectivity index (χ1v) is 7.34. The minimum absolute atomic E-state index is 0.327. The largest absolute Gasteiger partial charge is 0.503 e. The van der Waals surface area contributed by atoms with Crippen molar-refractivity contribution in [1.29, 1.82) is 0 Å². The molecule has 2 heterocycles. The van der Waals surface area contributed by atoms with Crippen LogP contribution >= 0.6 is 0 Å². The van der Waals surface area contributed by atoms with Gasteiger partial charge < -0.3 is 14.8 Å². The van der Waals surface area contributed by atoms with Crippen molar-refractivity contribution in [3.05, 3.63) is 27.7 Å². The molecule has 1 aromatic rings. The monoisotopic (exact) mass is 294 g/mol. The number of aryl methyl sites for hydroxylation is 1. The average molecular weight is 294 g/mol. The Labute approximate surface area is 123 Å². The number of carboxylic acid groups (broad SMARTS) is 1. The number of hydrogen-bond donors (Lipinski definition) is 2. The minimum Gasteiger partial charge on any atom is -0.503 e. The van der Waals surface area contributed by atoms with Gasteiger partial charge in [0.25, 0.3) is 0 Å². The molecule has 21 heavy (non-hydrogen) atoms. The maximum Gasteiger partial charge on any atom is 0.326 e. The van der Waals surface area contributed by atoms with Crippen LogP contribution in [0.15, 0.2) is 10.9 Å². The number of rotatable bonds is 5. The number of aromatic hydroxyl groups is 1. The predicted octanol–water partition coefficient (Wildman–Crippen LogP) is 1.49. The van der Waals surface area contributed by atoms with Gasteiger partial charge in [-0.05, 0) is 39.3 Å². The van der Waals surface area contributed by atoms with Crippen molar-refractivity contribution in [3.63, 3.8) is 0 Å². The summed E-state index contributed by atoms with van der Waals surface area (Å²) in [5, 5.41) is 19.5. The highest BCUT2D eigenvalue weighted by Crippen LogP contribution is 2.25. The number of carbonyl (C=O) groups is 1. The zero-order valence-electron chi connectivity index (χ0n) is 12.5. The molecular formula is C15H22N2O4. The predicted molar refractivity (Wildman–Crippen MR) is 78.6 cm³/mol. The normalized spacial score (nSPS) is 17.0. The molecule has 1 saturated heterocycles. The molecule has 1 fully saturated rings. The molecular weight excluding hydrogens is 272 g/mol. The van der Waals surface area contributed by atoms with E-state index in [1.165, 1.54) is 6.07 Å². The SMILES string of the molecule is CCC(C(=O)O)n1c(C)cc(=O)c(O)c1CN1CCCC1. The van der Waals surface area contributed by atoms with Crippen molar-refractivity contribution >= 4 is 5.97 Å². The van der Waals surface area contributed by atoms with Crippen LogP contribution in [0.4, 0.5) is 0 Å². The van der Waals surface area contributed by atoms with Gasteiger partial charge in [0.05, 0.1) is 5.69 Å². The van der Waals surface area contributed by atoms with E-state index in [2.05, 4.69) is 4.90 Å². The third-order valence-electron chi connectivity index (χ3n) is 4.07. The van der Waals surface area contributed by atoms with Gasteiger partial charge in [0.2, 0.25) is 5.43 Å². The Kier molecular flexibility index (Phi) is 4.67. The lowest BCUT2D eigenvalue weighted by atomic mass is 10.1. The standard InChI is InChI=1S/C15H22N2O4/c1-3-11(15(20)21)17-10(2)8-13(18)14(19)12(17)9-16-6-4-5-7-16/h8,11,19H,3-7,9H2,1-2H3,(H,20,21). The van der Waals surface area contributed by atoms with Crippen LogP contribution in [0, 0.1) is 6.92 Å². The first-order valence-electron chi connectivity index (χ1n) is 7.34. The molecule has 0 amide bonds. The summed E-state index contributed by atoms with van der Waals surface area (Å²) in [4.78, 5) is 25.5. The van der Waals surface area contributed by atoms with Crippen LogP contribution in [0.25, 0.3) is 0 Å². The fourth-order valence-corrected chi connectivity index (χ4v) is 3.00. The number of aliphatic carboxylic acids is 1. The van der Waals surface area contributed by atoms with E-state index in [-0.39, 0.29) is 5.75 Å². The summed E-state index contributed by atoms with van der Waals surface area (Å²) in [5.41, 5.74) is 0.538. The first kappa shape index (κ1) is 15.6. The Morgan fingerprint density at radius 3 is 2.52 bits per heavy atom. The molecule has 1 atom stereocenters. The lowest BCUT2D eigenvalue weighted by Gasteiger charge is -2.25. The molecule has 0 spiro atoms. The molecule has 0 aliphatic carbocycles. The zero-order valence-corrected chi connectivity index (χ0v) is 12.5. The van der Waals surface area contributed by atoms with Gasteiger partial charge in [-0.15, -0.1) is 0 Å². The van der Waals surface area contributed by atoms with E-state index < -0.39 is 17.4 Å². The van der Waals surface area contributed by atoms with Crippen molar-refractivity contribution in [2.45, 2.75) is 45.7 Å². The highest BCUT2D eigenvalue weighted by atomic mass is 16.4. The van der Waals surface area contributed by atoms with Gasteiger partial charge in [-0.25, -0.2) is 4.79 Å². The van der Waals surface area contributed by atoms with Gasteiger partial charge in [-0.3, -0.25) is 9.69 Å². The van der Waals surface area contributed by atoms with Crippen LogP contribution in [0.2, 0.25) is 0 Å². The van der Waals surface area contributed by atoms with Crippen LogP contribution in [0.3, 0.4) is 0 Å². The van der Waals surface area contributed by atoms with Gasteiger partial charge in [0, 0.05) is 18.3 Å². The molecule has 116 valence electrons. The molecule has 6 heteroatoms. The Hall–Kier alpha value is -1.82. The van der Waals surface area contributed by atoms with E-state index >= 15 is 0 Å². The second-order valence-corrected chi connectivity index (χ2v) is 5.56. The van der Waals surface area contributed by atoms with Crippen molar-refractivity contribution in [1.82, 2.24) is 9.47 Å². The number of carboxylic acids is 1. The van der Waals surface area contributed by atoms with E-state index in [1.807, 2.05) is 0 Å². The molecule has 0 saturated carbocycles. The summed E-state index contributed by atoms with van der Waals surface area (Å²) in [6, 6.07) is 0.531. The van der Waals surface area contributed by atoms with Gasteiger partial charge in [0.1, 0.15) is 6.04 Å². The van der Waals surface area contributed by atoms with Gasteiger partial charge in [0.15, 0.2) is 5.75 Å². The smallest absolute Gasteiger partial charge is 0.326 e. The zero-order chi connectivity index (χ0) is 15.6. The fourth-order valence-electron chi connectivity index (χ4n) is 3.00. The highest BCUT2D eigenvalue weighted by Gasteiger charge is 2.25. The van der Waals surface area contributed by atoms with Crippen LogP contribution in [0.1, 0.15) is 43.6 Å². The topological polar surface area (TPSA) is 82.8 Å². The molecule has 2 N–H and O–H groups in total. The van der Waals surface area contributed by atoms with Gasteiger partial charge in [-0.1, -0.05) is 6.92 Å². The summed E-state index contributed by atoms with van der Waals surface area (Å²) >= 11 is 0. The van der Waals surface area contributed by atoms with Crippen molar-refractivity contribution in [3.8, 4) is 5.75 Å². The molecule has 1 aliphatic rings. The van der Waals surface area contributed by atoms with E-state index in [9.17, 15) is 19.8 Å². The quantitative estimate of drug-likeness (QED) is 0.860. The maximum atomic E-state index is 11.8. The summed E-state index contributed by atoms with van der Waals surface area (Å²) in [6.07, 6.45) is 2.57. The number of nitrogens with zero attached hydrogens (tertiary/aromatic N) is 2. The number of hydrogen-bond acceptors (Lipinski definition) is 4. The lowest BCUT2D eigenvalue weighted by Crippen LogP contribution is -2.29. The summed E-state index contributed by atoms with van der Waals surface area (Å²) in [6.45, 7) is 5.72. The van der Waals surface area contributed by atoms with Crippen molar-refractivity contribution < 1.29 is 15.0 Å². The molecule has 1 aromatic heterocycles. The third-order valence-corrected chi connectivity index (χ3v) is 4.07. The Bertz CT molecular complexity index is 588. The van der Waals surface area contributed by atoms with Gasteiger partial charge in [-0.2, -0.15) is 0 Å². The molecule has 2 rings (SSSR count). The van der Waals surface area contributed by atoms with E-state index in [1.54, 1.807) is 18.4 Å². The molecule has 6 nitrogen and oxygen atoms in total. The van der Waals surface area contributed by atoms with Crippen LogP contribution in [-0.4, -0.2) is 38.7 Å². The van der Waals surface area contributed by atoms with E-state index in [0.717, 1.165) is 25.9 Å². The van der Waals surface area contributed by atoms with E-state index in [4.69, 9.17) is 0 Å². The lowest BCUT2D eigenvalue weighted by molar-refractivity contribution is -0.141. The van der Waals surface area contributed by atoms with E-state index in [0.29, 0.717) is 24.4 Å². The van der Waals surface area contributed by atoms with Crippen LogP contribution in [0.5, 0.6) is 5.75 Å². The summed E-state index contributed by atoms with van der Waals surface area (Å²) < 4.78 is 1.59. The van der Waals surface area contributed by atoms with Crippen molar-refractivity contribution in [2.75, 3.05) is 13.1 Å². The van der Waals surface area contributed by atoms with Crippen LogP contribution < -0.4 is 5.43 Å². The molecule has 0 aromatic carbocycles.